The number of nitrogens with one attached hydrogen (secondary N) is 5. The number of esters is 1. The second-order valence-corrected chi connectivity index (χ2v) is 17.2. The van der Waals surface area contributed by atoms with Gasteiger partial charge in [0.25, 0.3) is 11.9 Å². The highest BCUT2D eigenvalue weighted by Gasteiger charge is 2.25. The number of aromatic hydroxyl groups is 1. The smallest absolute Gasteiger partial charge is 0.326 e. The van der Waals surface area contributed by atoms with Crippen molar-refractivity contribution >= 4 is 70.5 Å². The molecule has 0 saturated carbocycles. The van der Waals surface area contributed by atoms with Gasteiger partial charge in [0, 0.05) is 50.8 Å². The van der Waals surface area contributed by atoms with Crippen molar-refractivity contribution in [3.63, 3.8) is 0 Å². The molecule has 424 valence electrons. The number of unbranched alkanes of at least 4 members (excludes halogenated alkanes) is 1. The fourth-order valence-electron chi connectivity index (χ4n) is 6.80. The van der Waals surface area contributed by atoms with Gasteiger partial charge in [-0.15, -0.1) is 0 Å². The molecule has 10 N–H and O–H groups in total. The van der Waals surface area contributed by atoms with E-state index in [4.69, 9.17) is 39.3 Å². The topological polar surface area (TPSA) is 382 Å². The lowest BCUT2D eigenvalue weighted by atomic mass is 10.1. The molecule has 2 heterocycles. The summed E-state index contributed by atoms with van der Waals surface area (Å²) in [7, 11) is 1.35. The number of carboxylic acids is 2. The molecule has 2 unspecified atom stereocenters. The zero-order valence-electron chi connectivity index (χ0n) is 43.7. The van der Waals surface area contributed by atoms with Gasteiger partial charge in [0.15, 0.2) is 28.5 Å². The first-order chi connectivity index (χ1) is 37.5. The number of hydrogen-bond donors (Lipinski definition) is 9. The van der Waals surface area contributed by atoms with Crippen molar-refractivity contribution in [2.75, 3.05) is 78.7 Å². The van der Waals surface area contributed by atoms with Crippen LogP contribution in [0, 0.1) is 0 Å². The van der Waals surface area contributed by atoms with Crippen molar-refractivity contribution in [1.82, 2.24) is 46.1 Å². The number of nitrogens with zero attached hydrogens (tertiary/aromatic N) is 4. The van der Waals surface area contributed by atoms with Gasteiger partial charge in [0.2, 0.25) is 23.6 Å². The number of imidazole rings is 1. The van der Waals surface area contributed by atoms with Crippen LogP contribution < -0.4 is 46.5 Å². The molecule has 2 atom stereocenters. The number of aromatic nitrogens is 4. The Labute approximate surface area is 448 Å². The van der Waals surface area contributed by atoms with Crippen molar-refractivity contribution < 1.29 is 82.1 Å². The van der Waals surface area contributed by atoms with Crippen LogP contribution in [0.5, 0.6) is 23.5 Å². The molecule has 0 saturated heterocycles. The summed E-state index contributed by atoms with van der Waals surface area (Å²) in [5.74, 6) is -5.87. The van der Waals surface area contributed by atoms with Crippen molar-refractivity contribution in [3.8, 4) is 23.5 Å². The van der Waals surface area contributed by atoms with Crippen LogP contribution in [-0.4, -0.2) is 167 Å². The van der Waals surface area contributed by atoms with Crippen molar-refractivity contribution in [1.29, 1.82) is 0 Å². The summed E-state index contributed by atoms with van der Waals surface area (Å²) in [5, 5.41) is 40.9. The Morgan fingerprint density at radius 2 is 1.44 bits per heavy atom. The van der Waals surface area contributed by atoms with E-state index in [9.17, 15) is 48.6 Å². The van der Waals surface area contributed by atoms with E-state index in [1.165, 1.54) is 42.9 Å². The molecule has 0 aliphatic rings. The first-order valence-electron chi connectivity index (χ1n) is 25.1. The van der Waals surface area contributed by atoms with Crippen LogP contribution in [0.2, 0.25) is 0 Å². The highest BCUT2D eigenvalue weighted by Crippen LogP contribution is 2.29. The zero-order chi connectivity index (χ0) is 56.8. The molecule has 27 nitrogen and oxygen atoms in total. The number of benzene rings is 2. The maximum absolute atomic E-state index is 12.7. The van der Waals surface area contributed by atoms with Crippen LogP contribution in [0.25, 0.3) is 17.2 Å². The summed E-state index contributed by atoms with van der Waals surface area (Å²) in [4.78, 5) is 109. The zero-order valence-corrected chi connectivity index (χ0v) is 43.7. The molecule has 0 bridgehead atoms. The Kier molecular flexibility index (Phi) is 26.7. The standard InChI is InChI=1S/C51H68N10O17/c1-4-5-24-77-50-59-45(52)44-46(60-50)61(51(72)58-44)31-34-8-12-35(13-9-34)48(69)54-21-7-23-75-26-28-76-27-25-74-22-6-20-53-39(62)17-19-43(67)78-37-15-10-33(29-38(37)73-3)11-16-40(63)55-30-41(64)56-32(2)47(68)57-36(49(70)71)14-18-42(65)66/h8-13,15-16,29,32,36H,4-7,14,17-28,30-31H2,1-3H3,(H,53,62)(H,54,69)(H,55,63)(H,56,64)(H,57,68)(H,58,72)(H,65,66)(H,70,71)(H2,52,59,60)/b16-11+. The van der Waals surface area contributed by atoms with Crippen LogP contribution >= 0.6 is 0 Å². The summed E-state index contributed by atoms with van der Waals surface area (Å²) in [6.45, 7) is 6.43. The van der Waals surface area contributed by atoms with Gasteiger partial charge in [0.05, 0.1) is 59.7 Å². The number of fused-ring (bicyclic) bond motifs is 1. The van der Waals surface area contributed by atoms with Crippen molar-refractivity contribution in [2.45, 2.75) is 83.8 Å². The number of carboxylic acid groups (broad SMARTS) is 2. The highest BCUT2D eigenvalue weighted by atomic mass is 16.6. The predicted molar refractivity (Wildman–Crippen MR) is 278 cm³/mol. The number of amides is 5. The second-order valence-electron chi connectivity index (χ2n) is 17.2. The van der Waals surface area contributed by atoms with E-state index in [2.05, 4.69) is 41.5 Å². The molecular weight excluding hydrogens is 1020 g/mol. The maximum atomic E-state index is 12.7. The fraction of sp³-hybridized carbons (Fsp3) is 0.471. The third-order valence-electron chi connectivity index (χ3n) is 11.0. The van der Waals surface area contributed by atoms with E-state index in [1.807, 2.05) is 6.92 Å². The molecule has 78 heavy (non-hydrogen) atoms. The molecule has 4 aromatic rings. The van der Waals surface area contributed by atoms with Gasteiger partial charge in [-0.2, -0.15) is 15.0 Å². The third-order valence-corrected chi connectivity index (χ3v) is 11.0. The van der Waals surface area contributed by atoms with Gasteiger partial charge in [-0.05, 0) is 74.1 Å². The molecule has 0 fully saturated rings. The van der Waals surface area contributed by atoms with Crippen LogP contribution in [0.15, 0.2) is 48.5 Å². The molecule has 4 rings (SSSR count). The lowest BCUT2D eigenvalue weighted by Crippen LogP contribution is -2.51. The first kappa shape index (κ1) is 62.1. The molecule has 0 aliphatic carbocycles. The first-order valence-corrected chi connectivity index (χ1v) is 25.1. The number of anilines is 1. The van der Waals surface area contributed by atoms with E-state index < -0.39 is 60.7 Å². The molecular formula is C51H68N10O17. The van der Waals surface area contributed by atoms with Gasteiger partial charge < -0.3 is 76.1 Å². The minimum atomic E-state index is -1.47. The summed E-state index contributed by atoms with van der Waals surface area (Å²) in [6.07, 6.45) is 4.26. The maximum Gasteiger partial charge on any atom is 0.326 e. The van der Waals surface area contributed by atoms with E-state index in [0.29, 0.717) is 89.0 Å². The summed E-state index contributed by atoms with van der Waals surface area (Å²) >= 11 is 0. The Morgan fingerprint density at radius 1 is 0.756 bits per heavy atom. The predicted octanol–water partition coefficient (Wildman–Crippen LogP) is 1.48. The average Bonchev–Trinajstić information content (AvgIpc) is 3.78. The number of carbonyl (C=O) groups is 8. The quantitative estimate of drug-likeness (QED) is 0.0134. The third kappa shape index (κ3) is 22.4. The van der Waals surface area contributed by atoms with E-state index in [1.54, 1.807) is 24.3 Å². The number of carbonyl (C=O) groups excluding carboxylic acids is 6. The largest absolute Gasteiger partial charge is 0.493 e. The second kappa shape index (κ2) is 33.6. The normalized spacial score (nSPS) is 11.8. The van der Waals surface area contributed by atoms with Crippen LogP contribution in [0.4, 0.5) is 5.82 Å². The summed E-state index contributed by atoms with van der Waals surface area (Å²) in [5.41, 5.74) is 8.39. The number of methoxy groups -OCH3 is 1. The summed E-state index contributed by atoms with van der Waals surface area (Å²) < 4.78 is 34.5. The van der Waals surface area contributed by atoms with Gasteiger partial charge >= 0.3 is 23.9 Å². The minimum Gasteiger partial charge on any atom is -0.493 e. The Hall–Kier alpha value is -8.43. The fourth-order valence-corrected chi connectivity index (χ4v) is 6.80. The SMILES string of the molecule is CCCCOc1nc(N)c2nc(O)n(Cc3ccc(C(=O)NCCCOCCOCCOCCCNC(=O)CCC(=O)Oc4ccc(/C=C/C(=O)NCC(=O)NC(C)C(=O)NC(CCC(=O)O)C(=O)O)cc4OC)cc3)c2n1. The minimum absolute atomic E-state index is 0.0808. The number of nitrogen functional groups attached to an aromatic ring is 1. The van der Waals surface area contributed by atoms with Gasteiger partial charge in [-0.3, -0.25) is 38.1 Å². The number of rotatable bonds is 37. The molecule has 2 aromatic heterocycles. The highest BCUT2D eigenvalue weighted by molar-refractivity contribution is 5.96. The van der Waals surface area contributed by atoms with Gasteiger partial charge in [0.1, 0.15) is 12.1 Å². The Balaban J connectivity index is 0.982. The molecule has 0 radical (unpaired) electrons. The molecule has 27 heteroatoms. The monoisotopic (exact) mass is 1090 g/mol. The van der Waals surface area contributed by atoms with E-state index in [0.717, 1.165) is 24.5 Å². The Bertz CT molecular complexity index is 2680. The van der Waals surface area contributed by atoms with Gasteiger partial charge in [-0.25, -0.2) is 4.79 Å². The van der Waals surface area contributed by atoms with Crippen molar-refractivity contribution in [2.24, 2.45) is 0 Å². The van der Waals surface area contributed by atoms with Crippen LogP contribution in [0.3, 0.4) is 0 Å². The van der Waals surface area contributed by atoms with E-state index >= 15 is 0 Å². The number of aliphatic carboxylic acids is 2. The van der Waals surface area contributed by atoms with Crippen molar-refractivity contribution in [3.05, 3.63) is 65.2 Å². The van der Waals surface area contributed by atoms with Crippen LogP contribution in [-0.2, 0) is 54.3 Å². The van der Waals surface area contributed by atoms with E-state index in [-0.39, 0.29) is 72.5 Å². The molecule has 2 aromatic carbocycles. The molecule has 0 aliphatic heterocycles. The molecule has 0 spiro atoms. The number of hydrogen-bond acceptors (Lipinski definition) is 19. The number of nitrogens with two attached hydrogens (primary N) is 1. The lowest BCUT2D eigenvalue weighted by molar-refractivity contribution is -0.143. The number of ether oxygens (including phenoxy) is 6. The van der Waals surface area contributed by atoms with Gasteiger partial charge in [-0.1, -0.05) is 31.5 Å². The van der Waals surface area contributed by atoms with Crippen LogP contribution in [0.1, 0.15) is 86.7 Å². The lowest BCUT2D eigenvalue weighted by Gasteiger charge is -2.18. The Morgan fingerprint density at radius 3 is 2.09 bits per heavy atom. The summed E-state index contributed by atoms with van der Waals surface area (Å²) in [6, 6.07) is 8.59. The molecule has 5 amide bonds. The average molecular weight is 1090 g/mol.